The van der Waals surface area contributed by atoms with Gasteiger partial charge in [-0.1, -0.05) is 6.42 Å². The summed E-state index contributed by atoms with van der Waals surface area (Å²) < 4.78 is 23.4. The van der Waals surface area contributed by atoms with E-state index < -0.39 is 9.84 Å². The van der Waals surface area contributed by atoms with Crippen molar-refractivity contribution >= 4 is 21.2 Å². The smallest absolute Gasteiger partial charge is 0.150 e. The summed E-state index contributed by atoms with van der Waals surface area (Å²) in [7, 11) is -0.990. The van der Waals surface area contributed by atoms with Gasteiger partial charge >= 0.3 is 0 Å². The van der Waals surface area contributed by atoms with Crippen LogP contribution in [0.2, 0.25) is 0 Å². The minimum absolute atomic E-state index is 0.175. The van der Waals surface area contributed by atoms with Gasteiger partial charge in [-0.3, -0.25) is 0 Å². The van der Waals surface area contributed by atoms with Gasteiger partial charge in [0.15, 0.2) is 0 Å². The number of nitrogens with zero attached hydrogens (tertiary/aromatic N) is 1. The summed E-state index contributed by atoms with van der Waals surface area (Å²) in [5, 5.41) is 5.17. The van der Waals surface area contributed by atoms with E-state index in [2.05, 4.69) is 10.3 Å². The number of hydrogen-bond acceptors (Lipinski definition) is 5. The van der Waals surface area contributed by atoms with Crippen LogP contribution in [0.4, 0.5) is 0 Å². The van der Waals surface area contributed by atoms with E-state index >= 15 is 0 Å². The second-order valence-corrected chi connectivity index (χ2v) is 8.10. The van der Waals surface area contributed by atoms with Crippen LogP contribution in [0.15, 0.2) is 10.9 Å². The summed E-state index contributed by atoms with van der Waals surface area (Å²) in [5.74, 6) is 0.366. The van der Waals surface area contributed by atoms with Gasteiger partial charge in [0, 0.05) is 11.6 Å². The summed E-state index contributed by atoms with van der Waals surface area (Å²) in [6.07, 6.45) is 4.99. The van der Waals surface area contributed by atoms with E-state index in [0.717, 1.165) is 31.4 Å². The zero-order valence-corrected chi connectivity index (χ0v) is 12.4. The molecule has 1 aliphatic rings. The number of rotatable bonds is 4. The van der Waals surface area contributed by atoms with E-state index in [-0.39, 0.29) is 11.3 Å². The Morgan fingerprint density at radius 2 is 2.28 bits per heavy atom. The van der Waals surface area contributed by atoms with Crippen molar-refractivity contribution in [2.45, 2.75) is 37.0 Å². The summed E-state index contributed by atoms with van der Waals surface area (Å²) in [4.78, 5) is 4.36. The van der Waals surface area contributed by atoms with Crippen molar-refractivity contribution in [2.75, 3.05) is 13.3 Å². The minimum atomic E-state index is -2.91. The zero-order chi connectivity index (χ0) is 13.2. The van der Waals surface area contributed by atoms with Crippen molar-refractivity contribution < 1.29 is 8.42 Å². The Bertz CT molecular complexity index is 470. The molecule has 102 valence electrons. The molecule has 0 aliphatic heterocycles. The fourth-order valence-corrected chi connectivity index (χ4v) is 4.66. The Morgan fingerprint density at radius 3 is 2.83 bits per heavy atom. The number of hydrogen-bond donors (Lipinski definition) is 1. The van der Waals surface area contributed by atoms with E-state index in [0.29, 0.717) is 5.92 Å². The summed E-state index contributed by atoms with van der Waals surface area (Å²) >= 11 is 1.58. The standard InChI is InChI=1S/C12H20N2O2S2/c1-13-12(11-7-17-8-14-11)9-4-3-5-10(6-9)18(2,15)16/h7-10,12-13H,3-6H2,1-2H3. The monoisotopic (exact) mass is 288 g/mol. The van der Waals surface area contributed by atoms with Crippen molar-refractivity contribution in [3.05, 3.63) is 16.6 Å². The predicted molar refractivity (Wildman–Crippen MR) is 74.5 cm³/mol. The molecule has 0 bridgehead atoms. The molecule has 1 aliphatic carbocycles. The first kappa shape index (κ1) is 14.0. The Balaban J connectivity index is 2.12. The van der Waals surface area contributed by atoms with E-state index in [4.69, 9.17) is 0 Å². The van der Waals surface area contributed by atoms with Crippen molar-refractivity contribution in [3.63, 3.8) is 0 Å². The molecular weight excluding hydrogens is 268 g/mol. The van der Waals surface area contributed by atoms with E-state index in [1.807, 2.05) is 17.9 Å². The van der Waals surface area contributed by atoms with Gasteiger partial charge in [0.1, 0.15) is 9.84 Å². The summed E-state index contributed by atoms with van der Waals surface area (Å²) in [6.45, 7) is 0. The Kier molecular flexibility index (Phi) is 4.40. The Morgan fingerprint density at radius 1 is 1.50 bits per heavy atom. The second kappa shape index (κ2) is 5.67. The van der Waals surface area contributed by atoms with Crippen molar-refractivity contribution in [1.29, 1.82) is 0 Å². The first-order valence-corrected chi connectivity index (χ1v) is 9.16. The maximum atomic E-state index is 11.7. The topological polar surface area (TPSA) is 59.1 Å². The highest BCUT2D eigenvalue weighted by Gasteiger charge is 2.33. The van der Waals surface area contributed by atoms with Crippen LogP contribution in [-0.2, 0) is 9.84 Å². The lowest BCUT2D eigenvalue weighted by Crippen LogP contribution is -2.34. The quantitative estimate of drug-likeness (QED) is 0.920. The van der Waals surface area contributed by atoms with Gasteiger partial charge in [-0.15, -0.1) is 11.3 Å². The number of nitrogens with one attached hydrogen (secondary N) is 1. The summed E-state index contributed by atoms with van der Waals surface area (Å²) in [5.41, 5.74) is 2.87. The molecule has 0 aromatic carbocycles. The molecule has 0 amide bonds. The van der Waals surface area contributed by atoms with Crippen LogP contribution < -0.4 is 5.32 Å². The first-order valence-electron chi connectivity index (χ1n) is 6.26. The molecule has 0 spiro atoms. The Hall–Kier alpha value is -0.460. The molecule has 3 atom stereocenters. The zero-order valence-electron chi connectivity index (χ0n) is 10.8. The lowest BCUT2D eigenvalue weighted by atomic mass is 9.82. The maximum absolute atomic E-state index is 11.7. The molecule has 1 aromatic rings. The third kappa shape index (κ3) is 3.10. The van der Waals surface area contributed by atoms with E-state index in [9.17, 15) is 8.42 Å². The third-order valence-corrected chi connectivity index (χ3v) is 6.07. The van der Waals surface area contributed by atoms with Gasteiger partial charge in [0.25, 0.3) is 0 Å². The van der Waals surface area contributed by atoms with E-state index in [1.54, 1.807) is 11.3 Å². The molecule has 1 N–H and O–H groups in total. The second-order valence-electron chi connectivity index (χ2n) is 5.06. The lowest BCUT2D eigenvalue weighted by Gasteiger charge is -2.33. The Labute approximate surface area is 113 Å². The van der Waals surface area contributed by atoms with Crippen LogP contribution >= 0.6 is 11.3 Å². The molecule has 0 saturated heterocycles. The SMILES string of the molecule is CNC(c1cscn1)C1CCCC(S(C)(=O)=O)C1. The van der Waals surface area contributed by atoms with Crippen LogP contribution in [0.3, 0.4) is 0 Å². The average molecular weight is 288 g/mol. The van der Waals surface area contributed by atoms with Gasteiger partial charge in [0.05, 0.1) is 22.5 Å². The number of thiazole rings is 1. The van der Waals surface area contributed by atoms with Gasteiger partial charge in [-0.05, 0) is 32.2 Å². The predicted octanol–water partition coefficient (Wildman–Crippen LogP) is 2.01. The molecule has 0 radical (unpaired) electrons. The van der Waals surface area contributed by atoms with Crippen LogP contribution in [0.5, 0.6) is 0 Å². The molecule has 18 heavy (non-hydrogen) atoms. The number of sulfone groups is 1. The molecule has 6 heteroatoms. The normalized spacial score (nSPS) is 27.0. The molecule has 1 aromatic heterocycles. The third-order valence-electron chi connectivity index (χ3n) is 3.82. The molecule has 1 saturated carbocycles. The minimum Gasteiger partial charge on any atom is -0.311 e. The van der Waals surface area contributed by atoms with Gasteiger partial charge in [-0.2, -0.15) is 0 Å². The highest BCUT2D eigenvalue weighted by Crippen LogP contribution is 2.36. The van der Waals surface area contributed by atoms with Crippen LogP contribution in [0, 0.1) is 5.92 Å². The molecule has 1 fully saturated rings. The van der Waals surface area contributed by atoms with Crippen LogP contribution in [0.25, 0.3) is 0 Å². The molecule has 3 unspecified atom stereocenters. The molecule has 1 heterocycles. The van der Waals surface area contributed by atoms with Gasteiger partial charge < -0.3 is 5.32 Å². The highest BCUT2D eigenvalue weighted by atomic mass is 32.2. The summed E-state index contributed by atoms with van der Waals surface area (Å²) in [6, 6.07) is 0.181. The lowest BCUT2D eigenvalue weighted by molar-refractivity contribution is 0.279. The fourth-order valence-electron chi connectivity index (χ4n) is 2.87. The van der Waals surface area contributed by atoms with Gasteiger partial charge in [0.2, 0.25) is 0 Å². The van der Waals surface area contributed by atoms with Crippen LogP contribution in [0.1, 0.15) is 37.4 Å². The highest BCUT2D eigenvalue weighted by molar-refractivity contribution is 7.91. The van der Waals surface area contributed by atoms with Crippen molar-refractivity contribution in [3.8, 4) is 0 Å². The maximum Gasteiger partial charge on any atom is 0.150 e. The largest absolute Gasteiger partial charge is 0.311 e. The first-order chi connectivity index (χ1) is 8.52. The van der Waals surface area contributed by atoms with Crippen LogP contribution in [-0.4, -0.2) is 32.0 Å². The number of aromatic nitrogens is 1. The van der Waals surface area contributed by atoms with Crippen molar-refractivity contribution in [1.82, 2.24) is 10.3 Å². The van der Waals surface area contributed by atoms with E-state index in [1.165, 1.54) is 6.26 Å². The van der Waals surface area contributed by atoms with Gasteiger partial charge in [-0.25, -0.2) is 13.4 Å². The fraction of sp³-hybridized carbons (Fsp3) is 0.750. The average Bonchev–Trinajstić information content (AvgIpc) is 2.83. The molecule has 4 nitrogen and oxygen atoms in total. The van der Waals surface area contributed by atoms with Crippen molar-refractivity contribution in [2.24, 2.45) is 5.92 Å². The molecule has 2 rings (SSSR count). The molecular formula is C12H20N2O2S2.